The molecule has 8 heteroatoms. The standard InChI is InChI=1S/C20H19N5OS2/c1-12-6-4-9-17(13(12)2)23-19-24-25-20(28-19)27-14(3)18(26)22-16-8-5-7-15(10-16)11-21/h4-10,14H,1-3H3,(H,22,26)(H,23,24)/t14-/m0/s1. The number of nitrogens with zero attached hydrogens (tertiary/aromatic N) is 3. The number of amides is 1. The van der Waals surface area contributed by atoms with E-state index in [0.717, 1.165) is 5.69 Å². The molecule has 0 unspecified atom stereocenters. The topological polar surface area (TPSA) is 90.7 Å². The fourth-order valence-corrected chi connectivity index (χ4v) is 4.33. The molecule has 142 valence electrons. The highest BCUT2D eigenvalue weighted by Crippen LogP contribution is 2.32. The second-order valence-corrected chi connectivity index (χ2v) is 8.75. The second kappa shape index (κ2) is 8.87. The number of carbonyl (C=O) groups excluding carboxylic acids is 1. The zero-order chi connectivity index (χ0) is 20.1. The second-order valence-electron chi connectivity index (χ2n) is 6.19. The molecule has 2 N–H and O–H groups in total. The number of aryl methyl sites for hydroxylation is 1. The highest BCUT2D eigenvalue weighted by atomic mass is 32.2. The van der Waals surface area contributed by atoms with Crippen LogP contribution in [0.5, 0.6) is 0 Å². The third kappa shape index (κ3) is 4.88. The van der Waals surface area contributed by atoms with Crippen molar-refractivity contribution in [2.24, 2.45) is 0 Å². The number of rotatable bonds is 6. The van der Waals surface area contributed by atoms with Gasteiger partial charge in [0.15, 0.2) is 4.34 Å². The first-order chi connectivity index (χ1) is 13.5. The molecule has 2 aromatic carbocycles. The van der Waals surface area contributed by atoms with Gasteiger partial charge in [-0.2, -0.15) is 5.26 Å². The Morgan fingerprint density at radius 1 is 1.21 bits per heavy atom. The van der Waals surface area contributed by atoms with E-state index in [-0.39, 0.29) is 11.2 Å². The van der Waals surface area contributed by atoms with Crippen LogP contribution in [-0.2, 0) is 4.79 Å². The zero-order valence-corrected chi connectivity index (χ0v) is 17.3. The first kappa shape index (κ1) is 19.9. The largest absolute Gasteiger partial charge is 0.330 e. The van der Waals surface area contributed by atoms with Crippen LogP contribution in [0.2, 0.25) is 0 Å². The molecule has 1 heterocycles. The van der Waals surface area contributed by atoms with Gasteiger partial charge in [-0.15, -0.1) is 10.2 Å². The lowest BCUT2D eigenvalue weighted by molar-refractivity contribution is -0.115. The third-order valence-corrected chi connectivity index (χ3v) is 6.18. The molecule has 0 saturated heterocycles. The number of anilines is 3. The summed E-state index contributed by atoms with van der Waals surface area (Å²) in [5, 5.41) is 23.7. The van der Waals surface area contributed by atoms with Crippen molar-refractivity contribution in [1.29, 1.82) is 5.26 Å². The summed E-state index contributed by atoms with van der Waals surface area (Å²) >= 11 is 2.75. The number of benzene rings is 2. The van der Waals surface area contributed by atoms with Gasteiger partial charge in [0, 0.05) is 11.4 Å². The minimum Gasteiger partial charge on any atom is -0.330 e. The molecule has 1 amide bonds. The van der Waals surface area contributed by atoms with Crippen molar-refractivity contribution in [3.63, 3.8) is 0 Å². The van der Waals surface area contributed by atoms with Crippen LogP contribution < -0.4 is 10.6 Å². The van der Waals surface area contributed by atoms with E-state index in [1.165, 1.54) is 34.2 Å². The number of nitriles is 1. The van der Waals surface area contributed by atoms with Crippen LogP contribution in [0.3, 0.4) is 0 Å². The molecule has 0 spiro atoms. The molecule has 0 saturated carbocycles. The summed E-state index contributed by atoms with van der Waals surface area (Å²) < 4.78 is 0.709. The third-order valence-electron chi connectivity index (χ3n) is 4.16. The number of thioether (sulfide) groups is 1. The van der Waals surface area contributed by atoms with Crippen molar-refractivity contribution in [3.8, 4) is 6.07 Å². The molecule has 1 atom stereocenters. The molecule has 0 aliphatic heterocycles. The lowest BCUT2D eigenvalue weighted by Crippen LogP contribution is -2.22. The summed E-state index contributed by atoms with van der Waals surface area (Å²) in [7, 11) is 0. The maximum atomic E-state index is 12.4. The number of hydrogen-bond donors (Lipinski definition) is 2. The van der Waals surface area contributed by atoms with Crippen LogP contribution >= 0.6 is 23.1 Å². The van der Waals surface area contributed by atoms with E-state index >= 15 is 0 Å². The van der Waals surface area contributed by atoms with Gasteiger partial charge in [0.25, 0.3) is 0 Å². The zero-order valence-electron chi connectivity index (χ0n) is 15.7. The first-order valence-corrected chi connectivity index (χ1v) is 10.3. The molecule has 0 fully saturated rings. The van der Waals surface area contributed by atoms with Gasteiger partial charge < -0.3 is 10.6 Å². The van der Waals surface area contributed by atoms with E-state index in [1.54, 1.807) is 24.3 Å². The van der Waals surface area contributed by atoms with Crippen LogP contribution in [0.25, 0.3) is 0 Å². The maximum Gasteiger partial charge on any atom is 0.237 e. The first-order valence-electron chi connectivity index (χ1n) is 8.60. The van der Waals surface area contributed by atoms with Crippen molar-refractivity contribution in [3.05, 3.63) is 59.2 Å². The van der Waals surface area contributed by atoms with Crippen LogP contribution in [0.1, 0.15) is 23.6 Å². The van der Waals surface area contributed by atoms with Crippen molar-refractivity contribution < 1.29 is 4.79 Å². The van der Waals surface area contributed by atoms with Gasteiger partial charge >= 0.3 is 0 Å². The van der Waals surface area contributed by atoms with Gasteiger partial charge in [0.1, 0.15) is 0 Å². The molecule has 28 heavy (non-hydrogen) atoms. The number of hydrogen-bond acceptors (Lipinski definition) is 7. The molecular weight excluding hydrogens is 390 g/mol. The molecule has 0 aliphatic rings. The molecule has 0 bridgehead atoms. The van der Waals surface area contributed by atoms with Crippen LogP contribution in [0.4, 0.5) is 16.5 Å². The van der Waals surface area contributed by atoms with Gasteiger partial charge in [-0.05, 0) is 56.2 Å². The molecular formula is C20H19N5OS2. The smallest absolute Gasteiger partial charge is 0.237 e. The summed E-state index contributed by atoms with van der Waals surface area (Å²) in [6, 6.07) is 15.0. The quantitative estimate of drug-likeness (QED) is 0.563. The lowest BCUT2D eigenvalue weighted by Gasteiger charge is -2.10. The van der Waals surface area contributed by atoms with Crippen molar-refractivity contribution >= 4 is 45.5 Å². The molecule has 0 aliphatic carbocycles. The molecule has 3 rings (SSSR count). The van der Waals surface area contributed by atoms with E-state index in [4.69, 9.17) is 5.26 Å². The van der Waals surface area contributed by atoms with E-state index in [1.807, 2.05) is 19.1 Å². The number of nitrogens with one attached hydrogen (secondary N) is 2. The van der Waals surface area contributed by atoms with E-state index in [9.17, 15) is 4.79 Å². The van der Waals surface area contributed by atoms with E-state index in [0.29, 0.717) is 20.7 Å². The minimum absolute atomic E-state index is 0.153. The number of aromatic nitrogens is 2. The Kier molecular flexibility index (Phi) is 6.29. The predicted molar refractivity (Wildman–Crippen MR) is 114 cm³/mol. The summed E-state index contributed by atoms with van der Waals surface area (Å²) in [5.41, 5.74) is 4.47. The average molecular weight is 410 g/mol. The minimum atomic E-state index is -0.354. The van der Waals surface area contributed by atoms with Gasteiger partial charge in [-0.1, -0.05) is 41.3 Å². The van der Waals surface area contributed by atoms with E-state index in [2.05, 4.69) is 46.8 Å². The maximum absolute atomic E-state index is 12.4. The number of carbonyl (C=O) groups is 1. The fourth-order valence-electron chi connectivity index (χ4n) is 2.42. The van der Waals surface area contributed by atoms with Gasteiger partial charge in [0.2, 0.25) is 11.0 Å². The average Bonchev–Trinajstić information content (AvgIpc) is 3.12. The van der Waals surface area contributed by atoms with Gasteiger partial charge in [-0.25, -0.2) is 0 Å². The van der Waals surface area contributed by atoms with Crippen LogP contribution in [0, 0.1) is 25.2 Å². The van der Waals surface area contributed by atoms with Gasteiger partial charge in [-0.3, -0.25) is 4.79 Å². The van der Waals surface area contributed by atoms with Crippen LogP contribution in [0.15, 0.2) is 46.8 Å². The Morgan fingerprint density at radius 3 is 2.79 bits per heavy atom. The highest BCUT2D eigenvalue weighted by Gasteiger charge is 2.18. The molecule has 3 aromatic rings. The Morgan fingerprint density at radius 2 is 2.00 bits per heavy atom. The van der Waals surface area contributed by atoms with E-state index < -0.39 is 0 Å². The molecule has 0 radical (unpaired) electrons. The SMILES string of the molecule is Cc1cccc(Nc2nnc(S[C@@H](C)C(=O)Nc3cccc(C#N)c3)s2)c1C. The van der Waals surface area contributed by atoms with Crippen molar-refractivity contribution in [1.82, 2.24) is 10.2 Å². The Hall–Kier alpha value is -2.89. The van der Waals surface area contributed by atoms with Crippen LogP contribution in [-0.4, -0.2) is 21.4 Å². The Labute approximate surface area is 172 Å². The van der Waals surface area contributed by atoms with Crippen molar-refractivity contribution in [2.45, 2.75) is 30.4 Å². The fraction of sp³-hybridized carbons (Fsp3) is 0.200. The molecule has 6 nitrogen and oxygen atoms in total. The van der Waals surface area contributed by atoms with Gasteiger partial charge in [0.05, 0.1) is 16.9 Å². The normalized spacial score (nSPS) is 11.5. The molecule has 1 aromatic heterocycles. The summed E-state index contributed by atoms with van der Waals surface area (Å²) in [6.45, 7) is 5.93. The summed E-state index contributed by atoms with van der Waals surface area (Å²) in [5.74, 6) is -0.153. The highest BCUT2D eigenvalue weighted by molar-refractivity contribution is 8.02. The lowest BCUT2D eigenvalue weighted by atomic mass is 10.1. The Bertz CT molecular complexity index is 1040. The monoisotopic (exact) mass is 409 g/mol. The summed E-state index contributed by atoms with van der Waals surface area (Å²) in [6.07, 6.45) is 0. The van der Waals surface area contributed by atoms with Crippen molar-refractivity contribution in [2.75, 3.05) is 10.6 Å². The Balaban J connectivity index is 1.61. The summed E-state index contributed by atoms with van der Waals surface area (Å²) in [4.78, 5) is 12.4. The predicted octanol–water partition coefficient (Wildman–Crippen LogP) is 4.89.